The van der Waals surface area contributed by atoms with Crippen LogP contribution in [0, 0.1) is 0 Å². The van der Waals surface area contributed by atoms with Gasteiger partial charge in [-0.2, -0.15) is 0 Å². The molecule has 0 aromatic heterocycles. The molecule has 10 aromatic carbocycles. The van der Waals surface area contributed by atoms with Gasteiger partial charge in [-0.3, -0.25) is 0 Å². The number of hydrogen-bond donors (Lipinski definition) is 0. The largest absolute Gasteiger partial charge is 0.310 e. The lowest BCUT2D eigenvalue weighted by Gasteiger charge is -2.28. The maximum atomic E-state index is 2.55. The molecule has 0 spiro atoms. The molecule has 1 aliphatic carbocycles. The lowest BCUT2D eigenvalue weighted by atomic mass is 9.86. The second-order valence-corrected chi connectivity index (χ2v) is 17.4. The highest BCUT2D eigenvalue weighted by Crippen LogP contribution is 2.46. The van der Waals surface area contributed by atoms with Crippen molar-refractivity contribution in [2.45, 2.75) is 52.4 Å². The third-order valence-corrected chi connectivity index (χ3v) is 13.4. The Bertz CT molecular complexity index is 3230. The van der Waals surface area contributed by atoms with Crippen LogP contribution in [-0.2, 0) is 12.8 Å². The number of hydrogen-bond acceptors (Lipinski definition) is 1. The van der Waals surface area contributed by atoms with Crippen LogP contribution in [0.15, 0.2) is 200 Å². The number of rotatable bonds is 11. The second-order valence-electron chi connectivity index (χ2n) is 17.4. The summed E-state index contributed by atoms with van der Waals surface area (Å²) in [4.78, 5) is 2.49. The molecule has 0 bridgehead atoms. The predicted octanol–water partition coefficient (Wildman–Crippen LogP) is 17.7. The second kappa shape index (κ2) is 16.6. The van der Waals surface area contributed by atoms with E-state index < -0.39 is 0 Å². The van der Waals surface area contributed by atoms with Crippen molar-refractivity contribution in [3.8, 4) is 22.3 Å². The molecule has 0 N–H and O–H groups in total. The average Bonchev–Trinajstić information content (AvgIpc) is 3.78. The van der Waals surface area contributed by atoms with Crippen LogP contribution < -0.4 is 4.90 Å². The SMILES string of the molecule is CCCC(=C(CCC)c1cc2c3c(c(N(c4ccc(-c5ccc6ccccc6c5)cc4)c4ccc(-c5ccc6ccccc6c5)cc4)ccc3c1)CC2)c1ccc2ccccc2c1. The fourth-order valence-electron chi connectivity index (χ4n) is 10.3. The van der Waals surface area contributed by atoms with Crippen molar-refractivity contribution in [2.75, 3.05) is 4.90 Å². The molecule has 1 heteroatoms. The molecular weight excluding hydrogens is 759 g/mol. The van der Waals surface area contributed by atoms with Gasteiger partial charge in [0.1, 0.15) is 0 Å². The van der Waals surface area contributed by atoms with Gasteiger partial charge in [0.05, 0.1) is 0 Å². The Labute approximate surface area is 371 Å². The zero-order valence-corrected chi connectivity index (χ0v) is 36.2. The Kier molecular flexibility index (Phi) is 10.2. The Morgan fingerprint density at radius 3 is 1.37 bits per heavy atom. The first-order chi connectivity index (χ1) is 31.1. The van der Waals surface area contributed by atoms with E-state index in [1.165, 1.54) is 104 Å². The van der Waals surface area contributed by atoms with E-state index in [4.69, 9.17) is 0 Å². The molecule has 0 amide bonds. The lowest BCUT2D eigenvalue weighted by Crippen LogP contribution is -2.12. The van der Waals surface area contributed by atoms with E-state index in [1.807, 2.05) is 0 Å². The fourth-order valence-corrected chi connectivity index (χ4v) is 10.3. The highest BCUT2D eigenvalue weighted by molar-refractivity contribution is 6.02. The van der Waals surface area contributed by atoms with Crippen LogP contribution in [0.5, 0.6) is 0 Å². The van der Waals surface area contributed by atoms with E-state index in [-0.39, 0.29) is 0 Å². The van der Waals surface area contributed by atoms with E-state index in [0.29, 0.717) is 0 Å². The molecule has 0 radical (unpaired) electrons. The Hall–Kier alpha value is -7.22. The van der Waals surface area contributed by atoms with Gasteiger partial charge >= 0.3 is 0 Å². The van der Waals surface area contributed by atoms with Crippen LogP contribution in [-0.4, -0.2) is 0 Å². The molecule has 304 valence electrons. The van der Waals surface area contributed by atoms with Crippen LogP contribution in [0.1, 0.15) is 61.8 Å². The van der Waals surface area contributed by atoms with Crippen molar-refractivity contribution in [3.05, 3.63) is 222 Å². The van der Waals surface area contributed by atoms with Gasteiger partial charge in [0, 0.05) is 17.1 Å². The molecule has 0 saturated carbocycles. The monoisotopic (exact) mass is 809 g/mol. The van der Waals surface area contributed by atoms with Gasteiger partial charge in [-0.15, -0.1) is 0 Å². The molecule has 1 aliphatic rings. The zero-order valence-electron chi connectivity index (χ0n) is 36.2. The summed E-state index contributed by atoms with van der Waals surface area (Å²) in [6.45, 7) is 4.64. The number of anilines is 3. The van der Waals surface area contributed by atoms with Gasteiger partial charge < -0.3 is 4.90 Å². The molecule has 11 rings (SSSR count). The first-order valence-electron chi connectivity index (χ1n) is 22.9. The third-order valence-electron chi connectivity index (χ3n) is 13.4. The van der Waals surface area contributed by atoms with Crippen LogP contribution >= 0.6 is 0 Å². The van der Waals surface area contributed by atoms with E-state index in [0.717, 1.165) is 49.9 Å². The van der Waals surface area contributed by atoms with Crippen LogP contribution in [0.2, 0.25) is 0 Å². The summed E-state index contributed by atoms with van der Waals surface area (Å²) in [6, 6.07) is 74.8. The maximum absolute atomic E-state index is 2.55. The van der Waals surface area contributed by atoms with Crippen molar-refractivity contribution in [2.24, 2.45) is 0 Å². The molecule has 1 nitrogen and oxygen atoms in total. The summed E-state index contributed by atoms with van der Waals surface area (Å²) in [6.07, 6.45) is 6.43. The summed E-state index contributed by atoms with van der Waals surface area (Å²) in [5.41, 5.74) is 17.1. The molecule has 0 saturated heterocycles. The van der Waals surface area contributed by atoms with Gasteiger partial charge in [0.15, 0.2) is 0 Å². The van der Waals surface area contributed by atoms with E-state index >= 15 is 0 Å². The average molecular weight is 810 g/mol. The predicted molar refractivity (Wildman–Crippen MR) is 273 cm³/mol. The summed E-state index contributed by atoms with van der Waals surface area (Å²) in [5, 5.41) is 10.4. The standard InChI is InChI=1S/C62H51N/c1-3-11-58(52-24-21-44-15-7-10-18-49(44)39-52)59(12-4-2)55-40-53-29-35-60-61(36-30-54(41-55)62(53)60)63(56-31-25-45(26-32-56)50-22-19-42-13-5-8-16-47(42)37-50)57-33-27-46(28-34-57)51-23-20-43-14-6-9-17-48(43)38-51/h5-10,13-28,30-34,36-41H,3-4,11-12,29,35H2,1-2H3. The fraction of sp³-hybridized carbons (Fsp3) is 0.129. The highest BCUT2D eigenvalue weighted by atomic mass is 15.1. The van der Waals surface area contributed by atoms with Crippen molar-refractivity contribution in [1.29, 1.82) is 0 Å². The molecule has 0 heterocycles. The van der Waals surface area contributed by atoms with Gasteiger partial charge in [-0.05, 0) is 179 Å². The van der Waals surface area contributed by atoms with Gasteiger partial charge in [0.25, 0.3) is 0 Å². The number of benzene rings is 10. The van der Waals surface area contributed by atoms with Crippen molar-refractivity contribution < 1.29 is 0 Å². The lowest BCUT2D eigenvalue weighted by molar-refractivity contribution is 0.944. The molecule has 10 aromatic rings. The van der Waals surface area contributed by atoms with Gasteiger partial charge in [0.2, 0.25) is 0 Å². The zero-order chi connectivity index (χ0) is 42.3. The van der Waals surface area contributed by atoms with E-state index in [2.05, 4.69) is 219 Å². The van der Waals surface area contributed by atoms with E-state index in [1.54, 1.807) is 0 Å². The Morgan fingerprint density at radius 1 is 0.381 bits per heavy atom. The molecular formula is C62H51N. The smallest absolute Gasteiger partial charge is 0.0500 e. The van der Waals surface area contributed by atoms with Crippen LogP contribution in [0.4, 0.5) is 17.1 Å². The molecule has 0 aliphatic heterocycles. The van der Waals surface area contributed by atoms with Crippen molar-refractivity contribution in [1.82, 2.24) is 0 Å². The summed E-state index contributed by atoms with van der Waals surface area (Å²) >= 11 is 0. The van der Waals surface area contributed by atoms with Crippen LogP contribution in [0.25, 0.3) is 76.5 Å². The minimum Gasteiger partial charge on any atom is -0.310 e. The van der Waals surface area contributed by atoms with Gasteiger partial charge in [-0.1, -0.05) is 172 Å². The summed E-state index contributed by atoms with van der Waals surface area (Å²) in [5.74, 6) is 0. The number of allylic oxidation sites excluding steroid dienone is 2. The quantitative estimate of drug-likeness (QED) is 0.118. The van der Waals surface area contributed by atoms with Crippen LogP contribution in [0.3, 0.4) is 0 Å². The minimum absolute atomic E-state index is 1.02. The molecule has 0 atom stereocenters. The van der Waals surface area contributed by atoms with Gasteiger partial charge in [-0.25, -0.2) is 0 Å². The van der Waals surface area contributed by atoms with Crippen molar-refractivity contribution >= 4 is 71.3 Å². The van der Waals surface area contributed by atoms with Crippen molar-refractivity contribution in [3.63, 3.8) is 0 Å². The topological polar surface area (TPSA) is 3.24 Å². The minimum atomic E-state index is 1.02. The van der Waals surface area contributed by atoms with E-state index in [9.17, 15) is 0 Å². The number of nitrogens with zero attached hydrogens (tertiary/aromatic N) is 1. The first kappa shape index (κ1) is 38.7. The third kappa shape index (κ3) is 7.28. The number of aryl methyl sites for hydroxylation is 2. The number of fused-ring (bicyclic) bond motifs is 3. The first-order valence-corrected chi connectivity index (χ1v) is 22.9. The summed E-state index contributed by atoms with van der Waals surface area (Å²) in [7, 11) is 0. The maximum Gasteiger partial charge on any atom is 0.0500 e. The molecule has 63 heavy (non-hydrogen) atoms. The Morgan fingerprint density at radius 2 is 0.825 bits per heavy atom. The highest BCUT2D eigenvalue weighted by Gasteiger charge is 2.25. The molecule has 0 unspecified atom stereocenters. The molecule has 0 fully saturated rings. The Balaban J connectivity index is 1.02. The normalized spacial score (nSPS) is 12.7. The summed E-state index contributed by atoms with van der Waals surface area (Å²) < 4.78 is 0.